The first-order valence-electron chi connectivity index (χ1n) is 7.67. The van der Waals surface area contributed by atoms with Gasteiger partial charge < -0.3 is 10.6 Å². The third-order valence-corrected chi connectivity index (χ3v) is 3.69. The predicted octanol–water partition coefficient (Wildman–Crippen LogP) is 3.46. The summed E-state index contributed by atoms with van der Waals surface area (Å²) >= 11 is 0. The highest BCUT2D eigenvalue weighted by molar-refractivity contribution is 5.47. The van der Waals surface area contributed by atoms with Gasteiger partial charge in [-0.2, -0.15) is 0 Å². The quantitative estimate of drug-likeness (QED) is 0.790. The molecule has 19 heavy (non-hydrogen) atoms. The third-order valence-electron chi connectivity index (χ3n) is 3.69. The number of aryl methyl sites for hydroxylation is 1. The van der Waals surface area contributed by atoms with Crippen molar-refractivity contribution in [1.29, 1.82) is 0 Å². The van der Waals surface area contributed by atoms with Gasteiger partial charge in [0.1, 0.15) is 17.5 Å². The molecule has 2 rings (SSSR count). The van der Waals surface area contributed by atoms with Gasteiger partial charge in [0.05, 0.1) is 0 Å². The van der Waals surface area contributed by atoms with Crippen molar-refractivity contribution in [2.45, 2.75) is 52.4 Å². The second-order valence-electron chi connectivity index (χ2n) is 5.37. The highest BCUT2D eigenvalue weighted by atomic mass is 15.1. The average molecular weight is 262 g/mol. The monoisotopic (exact) mass is 262 g/mol. The zero-order chi connectivity index (χ0) is 13.5. The molecule has 1 aliphatic carbocycles. The summed E-state index contributed by atoms with van der Waals surface area (Å²) < 4.78 is 0. The molecule has 106 valence electrons. The number of rotatable bonds is 7. The van der Waals surface area contributed by atoms with E-state index in [9.17, 15) is 0 Å². The van der Waals surface area contributed by atoms with Crippen LogP contribution in [0.1, 0.15) is 51.8 Å². The summed E-state index contributed by atoms with van der Waals surface area (Å²) in [6, 6.07) is 2.03. The van der Waals surface area contributed by atoms with Crippen LogP contribution in [0.3, 0.4) is 0 Å². The standard InChI is InChI=1S/C15H26N4/c1-3-9-16-14-10-15(19-13(4-2)18-14)17-11-12-7-5-6-8-12/h10,12H,3-9,11H2,1-2H3,(H2,16,17,18,19). The van der Waals surface area contributed by atoms with Crippen molar-refractivity contribution in [2.24, 2.45) is 5.92 Å². The van der Waals surface area contributed by atoms with Gasteiger partial charge in [-0.05, 0) is 25.2 Å². The van der Waals surface area contributed by atoms with E-state index in [2.05, 4.69) is 34.4 Å². The van der Waals surface area contributed by atoms with Crippen LogP contribution in [-0.4, -0.2) is 23.1 Å². The van der Waals surface area contributed by atoms with Crippen LogP contribution in [0.25, 0.3) is 0 Å². The molecule has 0 spiro atoms. The van der Waals surface area contributed by atoms with Gasteiger partial charge in [0.15, 0.2) is 0 Å². The molecule has 1 aromatic rings. The minimum absolute atomic E-state index is 0.826. The second-order valence-corrected chi connectivity index (χ2v) is 5.37. The van der Waals surface area contributed by atoms with E-state index in [1.165, 1.54) is 25.7 Å². The molecule has 0 aromatic carbocycles. The molecule has 4 heteroatoms. The van der Waals surface area contributed by atoms with Crippen LogP contribution < -0.4 is 10.6 Å². The predicted molar refractivity (Wildman–Crippen MR) is 80.6 cm³/mol. The number of anilines is 2. The lowest BCUT2D eigenvalue weighted by molar-refractivity contribution is 0.578. The van der Waals surface area contributed by atoms with Gasteiger partial charge in [0.2, 0.25) is 0 Å². The molecule has 0 saturated heterocycles. The smallest absolute Gasteiger partial charge is 0.132 e. The zero-order valence-electron chi connectivity index (χ0n) is 12.2. The lowest BCUT2D eigenvalue weighted by atomic mass is 10.1. The van der Waals surface area contributed by atoms with Gasteiger partial charge in [-0.3, -0.25) is 0 Å². The van der Waals surface area contributed by atoms with Crippen molar-refractivity contribution in [3.8, 4) is 0 Å². The van der Waals surface area contributed by atoms with E-state index in [0.717, 1.165) is 49.3 Å². The lowest BCUT2D eigenvalue weighted by Gasteiger charge is -2.13. The molecule has 1 fully saturated rings. The number of hydrogen-bond acceptors (Lipinski definition) is 4. The maximum absolute atomic E-state index is 4.56. The van der Waals surface area contributed by atoms with Crippen LogP contribution in [-0.2, 0) is 6.42 Å². The largest absolute Gasteiger partial charge is 0.370 e. The fourth-order valence-corrected chi connectivity index (χ4v) is 2.55. The number of nitrogens with zero attached hydrogens (tertiary/aromatic N) is 2. The van der Waals surface area contributed by atoms with Crippen molar-refractivity contribution in [3.05, 3.63) is 11.9 Å². The summed E-state index contributed by atoms with van der Waals surface area (Å²) in [5, 5.41) is 6.83. The van der Waals surface area contributed by atoms with Crippen LogP contribution >= 0.6 is 0 Å². The van der Waals surface area contributed by atoms with Gasteiger partial charge in [-0.15, -0.1) is 0 Å². The maximum atomic E-state index is 4.56. The third kappa shape index (κ3) is 4.37. The van der Waals surface area contributed by atoms with Crippen molar-refractivity contribution in [1.82, 2.24) is 9.97 Å². The summed E-state index contributed by atoms with van der Waals surface area (Å²) in [7, 11) is 0. The Morgan fingerprint density at radius 3 is 2.42 bits per heavy atom. The second kappa shape index (κ2) is 7.31. The highest BCUT2D eigenvalue weighted by Crippen LogP contribution is 2.25. The van der Waals surface area contributed by atoms with Gasteiger partial charge in [-0.1, -0.05) is 26.7 Å². The number of aromatic nitrogens is 2. The van der Waals surface area contributed by atoms with E-state index in [4.69, 9.17) is 0 Å². The van der Waals surface area contributed by atoms with Crippen molar-refractivity contribution in [2.75, 3.05) is 23.7 Å². The molecule has 0 bridgehead atoms. The average Bonchev–Trinajstić information content (AvgIpc) is 2.96. The van der Waals surface area contributed by atoms with Crippen LogP contribution in [0.5, 0.6) is 0 Å². The zero-order valence-corrected chi connectivity index (χ0v) is 12.2. The molecule has 0 amide bonds. The maximum Gasteiger partial charge on any atom is 0.132 e. The van der Waals surface area contributed by atoms with E-state index >= 15 is 0 Å². The SMILES string of the molecule is CCCNc1cc(NCC2CCCC2)nc(CC)n1. The molecule has 1 aromatic heterocycles. The molecule has 4 nitrogen and oxygen atoms in total. The molecular formula is C15H26N4. The molecule has 0 atom stereocenters. The summed E-state index contributed by atoms with van der Waals surface area (Å²) in [5.74, 6) is 3.65. The molecular weight excluding hydrogens is 236 g/mol. The minimum Gasteiger partial charge on any atom is -0.370 e. The Balaban J connectivity index is 1.96. The van der Waals surface area contributed by atoms with Gasteiger partial charge >= 0.3 is 0 Å². The number of nitrogens with one attached hydrogen (secondary N) is 2. The van der Waals surface area contributed by atoms with Gasteiger partial charge in [0.25, 0.3) is 0 Å². The molecule has 0 aliphatic heterocycles. The Bertz CT molecular complexity index is 386. The fraction of sp³-hybridized carbons (Fsp3) is 0.733. The molecule has 1 saturated carbocycles. The summed E-state index contributed by atoms with van der Waals surface area (Å²) in [4.78, 5) is 9.07. The Morgan fingerprint density at radius 1 is 1.11 bits per heavy atom. The van der Waals surface area contributed by atoms with Crippen molar-refractivity contribution < 1.29 is 0 Å². The molecule has 0 radical (unpaired) electrons. The van der Waals surface area contributed by atoms with Crippen LogP contribution in [0.15, 0.2) is 6.07 Å². The molecule has 2 N–H and O–H groups in total. The first-order valence-corrected chi connectivity index (χ1v) is 7.67. The Hall–Kier alpha value is -1.32. The van der Waals surface area contributed by atoms with Crippen molar-refractivity contribution >= 4 is 11.6 Å². The topological polar surface area (TPSA) is 49.8 Å². The first kappa shape index (κ1) is 14.1. The van der Waals surface area contributed by atoms with Crippen LogP contribution in [0.4, 0.5) is 11.6 Å². The summed E-state index contributed by atoms with van der Waals surface area (Å²) in [6.07, 6.45) is 7.48. The summed E-state index contributed by atoms with van der Waals surface area (Å²) in [5.41, 5.74) is 0. The Labute approximate surface area is 116 Å². The van der Waals surface area contributed by atoms with E-state index in [0.29, 0.717) is 0 Å². The minimum atomic E-state index is 0.826. The van der Waals surface area contributed by atoms with E-state index < -0.39 is 0 Å². The number of hydrogen-bond donors (Lipinski definition) is 2. The van der Waals surface area contributed by atoms with E-state index in [-0.39, 0.29) is 0 Å². The van der Waals surface area contributed by atoms with Crippen LogP contribution in [0.2, 0.25) is 0 Å². The lowest BCUT2D eigenvalue weighted by Crippen LogP contribution is -2.14. The van der Waals surface area contributed by atoms with E-state index in [1.807, 2.05) is 6.07 Å². The Kier molecular flexibility index (Phi) is 5.43. The van der Waals surface area contributed by atoms with Crippen molar-refractivity contribution in [3.63, 3.8) is 0 Å². The summed E-state index contributed by atoms with van der Waals surface area (Å²) in [6.45, 7) is 6.27. The van der Waals surface area contributed by atoms with E-state index in [1.54, 1.807) is 0 Å². The molecule has 1 heterocycles. The Morgan fingerprint density at radius 2 is 1.79 bits per heavy atom. The fourth-order valence-electron chi connectivity index (χ4n) is 2.55. The van der Waals surface area contributed by atoms with Crippen LogP contribution in [0, 0.1) is 5.92 Å². The van der Waals surface area contributed by atoms with Gasteiger partial charge in [0, 0.05) is 25.6 Å². The normalized spacial score (nSPS) is 15.7. The first-order chi connectivity index (χ1) is 9.31. The molecule has 0 unspecified atom stereocenters. The van der Waals surface area contributed by atoms with Gasteiger partial charge in [-0.25, -0.2) is 9.97 Å². The highest BCUT2D eigenvalue weighted by Gasteiger charge is 2.14. The molecule has 1 aliphatic rings.